The van der Waals surface area contributed by atoms with Crippen LogP contribution in [0.15, 0.2) is 18.3 Å². The fraction of sp³-hybridized carbons (Fsp3) is 0.706. The van der Waals surface area contributed by atoms with E-state index >= 15 is 0 Å². The van der Waals surface area contributed by atoms with Gasteiger partial charge in [-0.25, -0.2) is 4.98 Å². The van der Waals surface area contributed by atoms with Gasteiger partial charge >= 0.3 is 0 Å². The van der Waals surface area contributed by atoms with Crippen molar-refractivity contribution in [2.75, 3.05) is 51.3 Å². The number of nitrogens with zero attached hydrogens (tertiary/aromatic N) is 3. The minimum Gasteiger partial charge on any atom is -0.487 e. The average molecular weight is 307 g/mol. The van der Waals surface area contributed by atoms with Crippen molar-refractivity contribution in [3.8, 4) is 5.75 Å². The van der Waals surface area contributed by atoms with E-state index in [0.717, 1.165) is 57.3 Å². The molecule has 22 heavy (non-hydrogen) atoms. The summed E-state index contributed by atoms with van der Waals surface area (Å²) in [5, 5.41) is 0. The van der Waals surface area contributed by atoms with Crippen LogP contribution in [-0.2, 0) is 4.74 Å². The number of pyridine rings is 1. The predicted octanol–water partition coefficient (Wildman–Crippen LogP) is 2.42. The highest BCUT2D eigenvalue weighted by Gasteiger charge is 2.18. The molecule has 1 aromatic heterocycles. The van der Waals surface area contributed by atoms with Crippen LogP contribution in [0.2, 0.25) is 0 Å². The number of piperazine rings is 1. The smallest absolute Gasteiger partial charge is 0.138 e. The van der Waals surface area contributed by atoms with Gasteiger partial charge in [0.25, 0.3) is 0 Å². The zero-order chi connectivity index (χ0) is 16.0. The average Bonchev–Trinajstić information content (AvgIpc) is 2.48. The Bertz CT molecular complexity index is 434. The Labute approximate surface area is 134 Å². The van der Waals surface area contributed by atoms with E-state index < -0.39 is 0 Å². The summed E-state index contributed by atoms with van der Waals surface area (Å²) in [6.07, 6.45) is 2.93. The number of rotatable bonds is 6. The predicted molar refractivity (Wildman–Crippen MR) is 89.8 cm³/mol. The van der Waals surface area contributed by atoms with E-state index in [0.29, 0.717) is 0 Å². The molecule has 0 atom stereocenters. The van der Waals surface area contributed by atoms with Crippen LogP contribution in [-0.4, -0.2) is 61.9 Å². The summed E-state index contributed by atoms with van der Waals surface area (Å²) in [5.41, 5.74) is -0.184. The molecule has 1 aliphatic heterocycles. The maximum absolute atomic E-state index is 5.81. The number of ether oxygens (including phenoxy) is 2. The fourth-order valence-corrected chi connectivity index (χ4v) is 2.61. The molecule has 124 valence electrons. The second-order valence-corrected chi connectivity index (χ2v) is 6.74. The molecule has 0 unspecified atom stereocenters. The third-order valence-corrected chi connectivity index (χ3v) is 3.66. The quantitative estimate of drug-likeness (QED) is 0.755. The maximum atomic E-state index is 5.81. The second kappa shape index (κ2) is 7.79. The van der Waals surface area contributed by atoms with Gasteiger partial charge in [-0.05, 0) is 39.3 Å². The molecule has 1 fully saturated rings. The lowest BCUT2D eigenvalue weighted by Crippen LogP contribution is -2.47. The first-order valence-electron chi connectivity index (χ1n) is 8.09. The van der Waals surface area contributed by atoms with E-state index in [9.17, 15) is 0 Å². The van der Waals surface area contributed by atoms with E-state index in [1.165, 1.54) is 0 Å². The van der Waals surface area contributed by atoms with Crippen molar-refractivity contribution in [1.82, 2.24) is 9.88 Å². The van der Waals surface area contributed by atoms with Gasteiger partial charge in [0.1, 0.15) is 17.2 Å². The number of hydrogen-bond acceptors (Lipinski definition) is 5. The number of aromatic nitrogens is 1. The lowest BCUT2D eigenvalue weighted by molar-refractivity contribution is 0.130. The van der Waals surface area contributed by atoms with Crippen LogP contribution in [0.1, 0.15) is 27.2 Å². The molecule has 1 saturated heterocycles. The Morgan fingerprint density at radius 3 is 2.41 bits per heavy atom. The Kier molecular flexibility index (Phi) is 6.03. The van der Waals surface area contributed by atoms with E-state index in [4.69, 9.17) is 9.47 Å². The van der Waals surface area contributed by atoms with Crippen molar-refractivity contribution < 1.29 is 9.47 Å². The summed E-state index contributed by atoms with van der Waals surface area (Å²) < 4.78 is 10.9. The highest BCUT2D eigenvalue weighted by molar-refractivity contribution is 5.41. The molecule has 5 nitrogen and oxygen atoms in total. The summed E-state index contributed by atoms with van der Waals surface area (Å²) >= 11 is 0. The Hall–Kier alpha value is -1.33. The Morgan fingerprint density at radius 2 is 1.86 bits per heavy atom. The molecule has 0 bridgehead atoms. The van der Waals surface area contributed by atoms with Gasteiger partial charge in [-0.3, -0.25) is 4.90 Å². The first kappa shape index (κ1) is 17.0. The summed E-state index contributed by atoms with van der Waals surface area (Å²) in [4.78, 5) is 9.38. The molecule has 2 heterocycles. The molecule has 0 saturated carbocycles. The minimum atomic E-state index is -0.184. The molecular weight excluding hydrogens is 278 g/mol. The first-order chi connectivity index (χ1) is 10.5. The Morgan fingerprint density at radius 1 is 1.14 bits per heavy atom. The number of anilines is 1. The van der Waals surface area contributed by atoms with Crippen LogP contribution in [0.3, 0.4) is 0 Å². The van der Waals surface area contributed by atoms with Gasteiger partial charge in [0.05, 0.1) is 6.20 Å². The number of hydrogen-bond donors (Lipinski definition) is 0. The van der Waals surface area contributed by atoms with Crippen LogP contribution < -0.4 is 9.64 Å². The van der Waals surface area contributed by atoms with E-state index in [2.05, 4.69) is 20.9 Å². The highest BCUT2D eigenvalue weighted by atomic mass is 16.5. The molecule has 1 aromatic rings. The lowest BCUT2D eigenvalue weighted by Gasteiger charge is -2.35. The van der Waals surface area contributed by atoms with Crippen LogP contribution in [0, 0.1) is 0 Å². The zero-order valence-corrected chi connectivity index (χ0v) is 14.3. The second-order valence-electron chi connectivity index (χ2n) is 6.74. The van der Waals surface area contributed by atoms with Gasteiger partial charge in [-0.1, -0.05) is 0 Å². The largest absolute Gasteiger partial charge is 0.487 e. The van der Waals surface area contributed by atoms with Crippen molar-refractivity contribution >= 4 is 5.82 Å². The molecule has 0 N–H and O–H groups in total. The molecule has 0 aromatic carbocycles. The van der Waals surface area contributed by atoms with E-state index in [-0.39, 0.29) is 5.60 Å². The maximum Gasteiger partial charge on any atom is 0.138 e. The summed E-state index contributed by atoms with van der Waals surface area (Å²) in [5.74, 6) is 1.87. The third-order valence-electron chi connectivity index (χ3n) is 3.66. The van der Waals surface area contributed by atoms with Crippen molar-refractivity contribution in [3.63, 3.8) is 0 Å². The van der Waals surface area contributed by atoms with Crippen LogP contribution in [0.25, 0.3) is 0 Å². The van der Waals surface area contributed by atoms with Crippen LogP contribution in [0.4, 0.5) is 5.82 Å². The van der Waals surface area contributed by atoms with Crippen molar-refractivity contribution in [2.45, 2.75) is 32.8 Å². The normalized spacial score (nSPS) is 16.8. The third kappa shape index (κ3) is 5.46. The topological polar surface area (TPSA) is 37.8 Å². The molecule has 0 radical (unpaired) electrons. The SMILES string of the molecule is COCCCN1CCN(c2ccc(OC(C)(C)C)cn2)CC1. The fourth-order valence-electron chi connectivity index (χ4n) is 2.61. The van der Waals surface area contributed by atoms with Gasteiger partial charge in [-0.15, -0.1) is 0 Å². The van der Waals surface area contributed by atoms with E-state index in [1.54, 1.807) is 7.11 Å². The van der Waals surface area contributed by atoms with Crippen molar-refractivity contribution in [1.29, 1.82) is 0 Å². The zero-order valence-electron chi connectivity index (χ0n) is 14.3. The van der Waals surface area contributed by atoms with E-state index in [1.807, 2.05) is 33.0 Å². The molecule has 0 amide bonds. The standard InChI is InChI=1S/C17H29N3O2/c1-17(2,3)22-15-6-7-16(18-14-15)20-11-9-19(10-12-20)8-5-13-21-4/h6-7,14H,5,8-13H2,1-4H3. The summed E-state index contributed by atoms with van der Waals surface area (Å²) in [7, 11) is 1.76. The van der Waals surface area contributed by atoms with Crippen molar-refractivity contribution in [3.05, 3.63) is 18.3 Å². The van der Waals surface area contributed by atoms with Gasteiger partial charge < -0.3 is 14.4 Å². The van der Waals surface area contributed by atoms with Gasteiger partial charge in [0, 0.05) is 46.4 Å². The molecule has 0 spiro atoms. The molecule has 2 rings (SSSR count). The summed E-state index contributed by atoms with van der Waals surface area (Å²) in [6, 6.07) is 4.07. The summed E-state index contributed by atoms with van der Waals surface area (Å²) in [6.45, 7) is 12.3. The molecule has 0 aliphatic carbocycles. The monoisotopic (exact) mass is 307 g/mol. The van der Waals surface area contributed by atoms with Gasteiger partial charge in [0.15, 0.2) is 0 Å². The van der Waals surface area contributed by atoms with Gasteiger partial charge in [0.2, 0.25) is 0 Å². The Balaban J connectivity index is 1.81. The number of methoxy groups -OCH3 is 1. The first-order valence-corrected chi connectivity index (χ1v) is 8.09. The molecule has 5 heteroatoms. The van der Waals surface area contributed by atoms with Gasteiger partial charge in [-0.2, -0.15) is 0 Å². The molecular formula is C17H29N3O2. The van der Waals surface area contributed by atoms with Crippen LogP contribution in [0.5, 0.6) is 5.75 Å². The molecule has 1 aliphatic rings. The van der Waals surface area contributed by atoms with Crippen LogP contribution >= 0.6 is 0 Å². The van der Waals surface area contributed by atoms with Crippen molar-refractivity contribution in [2.24, 2.45) is 0 Å². The minimum absolute atomic E-state index is 0.184. The lowest BCUT2D eigenvalue weighted by atomic mass is 10.2. The highest BCUT2D eigenvalue weighted by Crippen LogP contribution is 2.20.